The summed E-state index contributed by atoms with van der Waals surface area (Å²) >= 11 is 0. The fourth-order valence-electron chi connectivity index (χ4n) is 3.30. The van der Waals surface area contributed by atoms with E-state index in [1.165, 1.54) is 15.2 Å². The van der Waals surface area contributed by atoms with Crippen molar-refractivity contribution in [3.63, 3.8) is 0 Å². The van der Waals surface area contributed by atoms with Crippen molar-refractivity contribution < 1.29 is 23.1 Å². The Kier molecular flexibility index (Phi) is 4.43. The van der Waals surface area contributed by atoms with Crippen molar-refractivity contribution in [3.8, 4) is 0 Å². The first-order valence-electron chi connectivity index (χ1n) is 7.77. The maximum Gasteiger partial charge on any atom is 0.334 e. The Hall–Kier alpha value is -1.45. The minimum Gasteiger partial charge on any atom is -0.479 e. The molecule has 8 nitrogen and oxygen atoms in total. The molecule has 1 aliphatic carbocycles. The zero-order valence-corrected chi connectivity index (χ0v) is 13.8. The summed E-state index contributed by atoms with van der Waals surface area (Å²) in [6, 6.07) is 0. The van der Waals surface area contributed by atoms with Gasteiger partial charge in [-0.05, 0) is 12.8 Å². The van der Waals surface area contributed by atoms with Gasteiger partial charge in [-0.3, -0.25) is 4.68 Å². The Bertz CT molecular complexity index is 693. The number of sulfonamides is 1. The van der Waals surface area contributed by atoms with Gasteiger partial charge in [0.1, 0.15) is 4.90 Å². The summed E-state index contributed by atoms with van der Waals surface area (Å²) in [5, 5.41) is 13.4. The first kappa shape index (κ1) is 16.4. The highest BCUT2D eigenvalue weighted by Crippen LogP contribution is 2.37. The molecule has 0 unspecified atom stereocenters. The summed E-state index contributed by atoms with van der Waals surface area (Å²) in [7, 11) is -2.06. The Morgan fingerprint density at radius 3 is 2.74 bits per heavy atom. The number of carboxylic acid groups (broad SMARTS) is 1. The van der Waals surface area contributed by atoms with Crippen LogP contribution >= 0.6 is 0 Å². The molecule has 1 N–H and O–H groups in total. The molecular weight excluding hydrogens is 322 g/mol. The third kappa shape index (κ3) is 3.13. The standard InChI is InChI=1S/C14H21N3O5S/c1-16-9-12(13(15-16)10-4-2-3-5-10)23(20,21)17-6-7-22-11(8-17)14(18)19/h9-11H,2-8H2,1H3,(H,18,19)/t11-/m0/s1. The second-order valence-corrected chi connectivity index (χ2v) is 8.00. The Balaban J connectivity index is 1.92. The average molecular weight is 343 g/mol. The fourth-order valence-corrected chi connectivity index (χ4v) is 4.98. The van der Waals surface area contributed by atoms with Crippen LogP contribution in [0.2, 0.25) is 0 Å². The van der Waals surface area contributed by atoms with Gasteiger partial charge >= 0.3 is 5.97 Å². The van der Waals surface area contributed by atoms with E-state index in [0.29, 0.717) is 5.69 Å². The number of aliphatic carboxylic acids is 1. The van der Waals surface area contributed by atoms with Crippen LogP contribution in [0.1, 0.15) is 37.3 Å². The molecule has 0 amide bonds. The van der Waals surface area contributed by atoms with Gasteiger partial charge < -0.3 is 9.84 Å². The van der Waals surface area contributed by atoms with Crippen LogP contribution in [-0.4, -0.2) is 59.4 Å². The smallest absolute Gasteiger partial charge is 0.334 e. The number of rotatable bonds is 4. The lowest BCUT2D eigenvalue weighted by molar-refractivity contribution is -0.153. The third-order valence-corrected chi connectivity index (χ3v) is 6.37. The molecule has 128 valence electrons. The van der Waals surface area contributed by atoms with Gasteiger partial charge in [-0.1, -0.05) is 12.8 Å². The number of hydrogen-bond donors (Lipinski definition) is 1. The molecule has 1 saturated carbocycles. The number of aromatic nitrogens is 2. The molecule has 9 heteroatoms. The van der Waals surface area contributed by atoms with E-state index in [0.717, 1.165) is 25.7 Å². The lowest BCUT2D eigenvalue weighted by atomic mass is 10.1. The molecule has 0 bridgehead atoms. The first-order chi connectivity index (χ1) is 10.9. The maximum atomic E-state index is 13.0. The van der Waals surface area contributed by atoms with Crippen molar-refractivity contribution in [2.75, 3.05) is 19.7 Å². The van der Waals surface area contributed by atoms with Crippen LogP contribution in [0.25, 0.3) is 0 Å². The van der Waals surface area contributed by atoms with E-state index in [1.54, 1.807) is 7.05 Å². The monoisotopic (exact) mass is 343 g/mol. The number of nitrogens with zero attached hydrogens (tertiary/aromatic N) is 3. The number of carbonyl (C=O) groups is 1. The van der Waals surface area contributed by atoms with E-state index >= 15 is 0 Å². The van der Waals surface area contributed by atoms with E-state index in [1.807, 2.05) is 0 Å². The highest BCUT2D eigenvalue weighted by Gasteiger charge is 2.37. The average Bonchev–Trinajstić information content (AvgIpc) is 3.16. The van der Waals surface area contributed by atoms with Crippen molar-refractivity contribution in [1.29, 1.82) is 0 Å². The van der Waals surface area contributed by atoms with Crippen LogP contribution in [0.3, 0.4) is 0 Å². The van der Waals surface area contributed by atoms with E-state index < -0.39 is 22.1 Å². The van der Waals surface area contributed by atoms with Crippen LogP contribution in [0, 0.1) is 0 Å². The minimum absolute atomic E-state index is 0.0786. The van der Waals surface area contributed by atoms with Crippen LogP contribution in [0.5, 0.6) is 0 Å². The molecule has 1 saturated heterocycles. The number of carboxylic acids is 1. The molecule has 2 heterocycles. The van der Waals surface area contributed by atoms with Crippen molar-refractivity contribution in [2.24, 2.45) is 7.05 Å². The molecule has 1 aromatic heterocycles. The Morgan fingerprint density at radius 1 is 1.39 bits per heavy atom. The van der Waals surface area contributed by atoms with Crippen molar-refractivity contribution in [3.05, 3.63) is 11.9 Å². The van der Waals surface area contributed by atoms with E-state index in [2.05, 4.69) is 5.10 Å². The van der Waals surface area contributed by atoms with Gasteiger partial charge in [0.05, 0.1) is 18.8 Å². The lowest BCUT2D eigenvalue weighted by Crippen LogP contribution is -2.48. The summed E-state index contributed by atoms with van der Waals surface area (Å²) in [5.41, 5.74) is 0.614. The SMILES string of the molecule is Cn1cc(S(=O)(=O)N2CCO[C@H](C(=O)O)C2)c(C2CCCC2)n1. The van der Waals surface area contributed by atoms with Gasteiger partial charge in [-0.15, -0.1) is 0 Å². The van der Waals surface area contributed by atoms with Gasteiger partial charge in [0, 0.05) is 25.7 Å². The highest BCUT2D eigenvalue weighted by atomic mass is 32.2. The van der Waals surface area contributed by atoms with Crippen molar-refractivity contribution in [1.82, 2.24) is 14.1 Å². The second-order valence-electron chi connectivity index (χ2n) is 6.09. The zero-order valence-electron chi connectivity index (χ0n) is 13.0. The number of morpholine rings is 1. The molecule has 0 aromatic carbocycles. The molecule has 1 aliphatic heterocycles. The van der Waals surface area contributed by atoms with E-state index in [9.17, 15) is 13.2 Å². The van der Waals surface area contributed by atoms with Gasteiger partial charge in [0.15, 0.2) is 6.10 Å². The molecule has 1 atom stereocenters. The molecule has 1 aromatic rings. The molecule has 2 aliphatic rings. The van der Waals surface area contributed by atoms with E-state index in [4.69, 9.17) is 9.84 Å². The molecule has 2 fully saturated rings. The van der Waals surface area contributed by atoms with Gasteiger partial charge in [0.2, 0.25) is 10.0 Å². The summed E-state index contributed by atoms with van der Waals surface area (Å²) in [6.07, 6.45) is 4.46. The number of ether oxygens (including phenoxy) is 1. The van der Waals surface area contributed by atoms with Crippen LogP contribution in [0.15, 0.2) is 11.1 Å². The van der Waals surface area contributed by atoms with Crippen LogP contribution in [0.4, 0.5) is 0 Å². The predicted molar refractivity (Wildman–Crippen MR) is 80.6 cm³/mol. The normalized spacial score (nSPS) is 24.1. The predicted octanol–water partition coefficient (Wildman–Crippen LogP) is 0.552. The third-order valence-electron chi connectivity index (χ3n) is 4.49. The lowest BCUT2D eigenvalue weighted by Gasteiger charge is -2.30. The second kappa shape index (κ2) is 6.21. The zero-order chi connectivity index (χ0) is 16.6. The quantitative estimate of drug-likeness (QED) is 0.857. The minimum atomic E-state index is -3.77. The van der Waals surface area contributed by atoms with Gasteiger partial charge in [-0.25, -0.2) is 13.2 Å². The number of hydrogen-bond acceptors (Lipinski definition) is 5. The molecule has 23 heavy (non-hydrogen) atoms. The Morgan fingerprint density at radius 2 is 2.09 bits per heavy atom. The summed E-state index contributed by atoms with van der Waals surface area (Å²) in [5.74, 6) is -0.982. The maximum absolute atomic E-state index is 13.0. The largest absolute Gasteiger partial charge is 0.479 e. The summed E-state index contributed by atoms with van der Waals surface area (Å²) in [4.78, 5) is 11.3. The van der Waals surface area contributed by atoms with E-state index in [-0.39, 0.29) is 30.5 Å². The number of aryl methyl sites for hydroxylation is 1. The summed E-state index contributed by atoms with van der Waals surface area (Å²) < 4.78 is 33.8. The molecule has 0 spiro atoms. The van der Waals surface area contributed by atoms with Crippen LogP contribution in [-0.2, 0) is 26.6 Å². The molecule has 3 rings (SSSR count). The molecule has 0 radical (unpaired) electrons. The highest BCUT2D eigenvalue weighted by molar-refractivity contribution is 7.89. The molecular formula is C14H21N3O5S. The van der Waals surface area contributed by atoms with Gasteiger partial charge in [0.25, 0.3) is 0 Å². The van der Waals surface area contributed by atoms with Crippen molar-refractivity contribution in [2.45, 2.75) is 42.6 Å². The summed E-state index contributed by atoms with van der Waals surface area (Å²) in [6.45, 7) is 0.0665. The van der Waals surface area contributed by atoms with Crippen LogP contribution < -0.4 is 0 Å². The van der Waals surface area contributed by atoms with Gasteiger partial charge in [-0.2, -0.15) is 9.40 Å². The van der Waals surface area contributed by atoms with Crippen molar-refractivity contribution >= 4 is 16.0 Å². The fraction of sp³-hybridized carbons (Fsp3) is 0.714. The topological polar surface area (TPSA) is 102 Å². The first-order valence-corrected chi connectivity index (χ1v) is 9.21. The Labute approximate surface area is 135 Å².